The predicted octanol–water partition coefficient (Wildman–Crippen LogP) is 4.38. The highest BCUT2D eigenvalue weighted by Gasteiger charge is 2.22. The summed E-state index contributed by atoms with van der Waals surface area (Å²) in [7, 11) is 3.23. The summed E-state index contributed by atoms with van der Waals surface area (Å²) >= 11 is 1.41. The molecule has 1 amide bonds. The second-order valence-electron chi connectivity index (χ2n) is 6.62. The molecule has 0 fully saturated rings. The first-order chi connectivity index (χ1) is 13.4. The van der Waals surface area contributed by atoms with E-state index in [0.29, 0.717) is 16.4 Å². The van der Waals surface area contributed by atoms with Crippen molar-refractivity contribution >= 4 is 27.5 Å². The van der Waals surface area contributed by atoms with Crippen LogP contribution < -0.4 is 14.8 Å². The van der Waals surface area contributed by atoms with Crippen molar-refractivity contribution in [2.45, 2.75) is 40.2 Å². The molecule has 1 atom stereocenters. The number of benzene rings is 1. The Bertz CT molecular complexity index is 1030. The molecule has 3 aromatic rings. The number of carbonyl (C=O) groups excluding carboxylic acids is 1. The van der Waals surface area contributed by atoms with Crippen molar-refractivity contribution in [3.05, 3.63) is 45.7 Å². The molecule has 0 aliphatic carbocycles. The monoisotopic (exact) mass is 399 g/mol. The van der Waals surface area contributed by atoms with Crippen LogP contribution in [0, 0.1) is 13.8 Å². The first-order valence-corrected chi connectivity index (χ1v) is 10.0. The van der Waals surface area contributed by atoms with Crippen LogP contribution in [0.25, 0.3) is 10.2 Å². The van der Waals surface area contributed by atoms with Crippen LogP contribution in [0.2, 0.25) is 0 Å². The number of nitrogens with zero attached hydrogens (tertiary/aromatic N) is 2. The largest absolute Gasteiger partial charge is 0.497 e. The summed E-state index contributed by atoms with van der Waals surface area (Å²) in [4.78, 5) is 23.7. The van der Waals surface area contributed by atoms with Crippen LogP contribution in [0.5, 0.6) is 11.5 Å². The Labute approximate surface area is 168 Å². The number of amides is 1. The van der Waals surface area contributed by atoms with Crippen LogP contribution in [-0.2, 0) is 6.42 Å². The summed E-state index contributed by atoms with van der Waals surface area (Å²) in [6, 6.07) is 5.30. The third-order valence-corrected chi connectivity index (χ3v) is 5.98. The maximum absolute atomic E-state index is 13.0. The molecule has 2 heterocycles. The molecule has 28 heavy (non-hydrogen) atoms. The fraction of sp³-hybridized carbons (Fsp3) is 0.381. The summed E-state index contributed by atoms with van der Waals surface area (Å²) in [5.74, 6) is 2.09. The van der Waals surface area contributed by atoms with Crippen LogP contribution in [0.4, 0.5) is 0 Å². The molecule has 0 saturated heterocycles. The molecule has 1 aromatic carbocycles. The number of hydrogen-bond acceptors (Lipinski definition) is 6. The fourth-order valence-corrected chi connectivity index (χ4v) is 4.44. The minimum absolute atomic E-state index is 0.129. The van der Waals surface area contributed by atoms with E-state index in [4.69, 9.17) is 9.47 Å². The van der Waals surface area contributed by atoms with Crippen LogP contribution in [-0.4, -0.2) is 30.1 Å². The van der Waals surface area contributed by atoms with Crippen LogP contribution in [0.15, 0.2) is 18.2 Å². The van der Waals surface area contributed by atoms with Gasteiger partial charge in [0.15, 0.2) is 0 Å². The summed E-state index contributed by atoms with van der Waals surface area (Å²) in [5, 5.41) is 4.05. The Morgan fingerprint density at radius 1 is 1.21 bits per heavy atom. The lowest BCUT2D eigenvalue weighted by Gasteiger charge is -2.18. The first kappa shape index (κ1) is 20.1. The molecule has 1 unspecified atom stereocenters. The Hall–Kier alpha value is -2.67. The van der Waals surface area contributed by atoms with Crippen molar-refractivity contribution in [3.8, 4) is 11.5 Å². The molecular formula is C21H25N3O3S. The predicted molar refractivity (Wildman–Crippen MR) is 112 cm³/mol. The normalized spacial score (nSPS) is 12.1. The van der Waals surface area contributed by atoms with Crippen molar-refractivity contribution in [3.63, 3.8) is 0 Å². The summed E-state index contributed by atoms with van der Waals surface area (Å²) < 4.78 is 10.8. The smallest absolute Gasteiger partial charge is 0.262 e. The number of aromatic nitrogens is 2. The highest BCUT2D eigenvalue weighted by molar-refractivity contribution is 7.20. The van der Waals surface area contributed by atoms with Gasteiger partial charge in [0.1, 0.15) is 22.2 Å². The summed E-state index contributed by atoms with van der Waals surface area (Å²) in [6.07, 6.45) is 0.766. The number of hydrogen-bond donors (Lipinski definition) is 1. The van der Waals surface area contributed by atoms with E-state index in [1.54, 1.807) is 14.2 Å². The van der Waals surface area contributed by atoms with Crippen LogP contribution in [0.1, 0.15) is 52.2 Å². The molecule has 1 N–H and O–H groups in total. The highest BCUT2D eigenvalue weighted by atomic mass is 32.1. The number of nitrogens with one attached hydrogen (secondary N) is 1. The van der Waals surface area contributed by atoms with Crippen molar-refractivity contribution in [1.82, 2.24) is 15.3 Å². The molecule has 2 aromatic heterocycles. The number of aryl methyl sites for hydroxylation is 3. The van der Waals surface area contributed by atoms with Gasteiger partial charge in [0.05, 0.1) is 25.1 Å². The van der Waals surface area contributed by atoms with E-state index in [-0.39, 0.29) is 11.9 Å². The molecule has 0 spiro atoms. The van der Waals surface area contributed by atoms with E-state index < -0.39 is 0 Å². The van der Waals surface area contributed by atoms with Gasteiger partial charge in [0.25, 0.3) is 5.91 Å². The molecule has 6 nitrogen and oxygen atoms in total. The zero-order valence-corrected chi connectivity index (χ0v) is 17.9. The van der Waals surface area contributed by atoms with Gasteiger partial charge in [-0.15, -0.1) is 11.3 Å². The van der Waals surface area contributed by atoms with Gasteiger partial charge in [-0.25, -0.2) is 9.97 Å². The molecule has 0 saturated carbocycles. The summed E-state index contributed by atoms with van der Waals surface area (Å²) in [6.45, 7) is 7.87. The lowest BCUT2D eigenvalue weighted by molar-refractivity contribution is 0.0943. The van der Waals surface area contributed by atoms with Crippen molar-refractivity contribution in [2.75, 3.05) is 14.2 Å². The number of fused-ring (bicyclic) bond motifs is 1. The molecule has 0 bridgehead atoms. The van der Waals surface area contributed by atoms with Gasteiger partial charge in [-0.1, -0.05) is 6.92 Å². The minimum Gasteiger partial charge on any atom is -0.497 e. The zero-order valence-electron chi connectivity index (χ0n) is 17.0. The van der Waals surface area contributed by atoms with E-state index in [2.05, 4.69) is 15.3 Å². The Kier molecular flexibility index (Phi) is 5.84. The number of thiophene rings is 1. The van der Waals surface area contributed by atoms with Gasteiger partial charge >= 0.3 is 0 Å². The average molecular weight is 400 g/mol. The zero-order chi connectivity index (χ0) is 20.4. The maximum atomic E-state index is 13.0. The average Bonchev–Trinajstić information content (AvgIpc) is 3.04. The topological polar surface area (TPSA) is 73.3 Å². The molecule has 148 valence electrons. The third-order valence-electron chi connectivity index (χ3n) is 4.79. The van der Waals surface area contributed by atoms with Gasteiger partial charge < -0.3 is 14.8 Å². The number of rotatable bonds is 6. The second-order valence-corrected chi connectivity index (χ2v) is 7.62. The van der Waals surface area contributed by atoms with E-state index in [1.165, 1.54) is 11.3 Å². The third kappa shape index (κ3) is 3.67. The van der Waals surface area contributed by atoms with Gasteiger partial charge in [-0.05, 0) is 44.5 Å². The van der Waals surface area contributed by atoms with Gasteiger partial charge in [0.2, 0.25) is 0 Å². The van der Waals surface area contributed by atoms with Gasteiger partial charge in [-0.3, -0.25) is 4.79 Å². The Balaban J connectivity index is 1.93. The first-order valence-electron chi connectivity index (χ1n) is 9.18. The lowest BCUT2D eigenvalue weighted by Crippen LogP contribution is -2.26. The van der Waals surface area contributed by atoms with Gasteiger partial charge in [-0.2, -0.15) is 0 Å². The molecular weight excluding hydrogens is 374 g/mol. The second kappa shape index (κ2) is 8.14. The van der Waals surface area contributed by atoms with E-state index in [9.17, 15) is 4.79 Å². The highest BCUT2D eigenvalue weighted by Crippen LogP contribution is 2.33. The fourth-order valence-electron chi connectivity index (χ4n) is 3.29. The molecule has 0 aliphatic rings. The van der Waals surface area contributed by atoms with E-state index in [1.807, 2.05) is 45.9 Å². The van der Waals surface area contributed by atoms with Gasteiger partial charge in [0, 0.05) is 23.1 Å². The Morgan fingerprint density at radius 3 is 2.61 bits per heavy atom. The molecule has 0 aliphatic heterocycles. The minimum atomic E-state index is -0.249. The van der Waals surface area contributed by atoms with Crippen molar-refractivity contribution < 1.29 is 14.3 Å². The maximum Gasteiger partial charge on any atom is 0.262 e. The lowest BCUT2D eigenvalue weighted by atomic mass is 10.1. The van der Waals surface area contributed by atoms with Crippen molar-refractivity contribution in [1.29, 1.82) is 0 Å². The van der Waals surface area contributed by atoms with Crippen molar-refractivity contribution in [2.24, 2.45) is 0 Å². The van der Waals surface area contributed by atoms with Crippen LogP contribution >= 0.6 is 11.3 Å². The molecule has 7 heteroatoms. The number of ether oxygens (including phenoxy) is 2. The Morgan fingerprint density at radius 2 is 1.96 bits per heavy atom. The SMILES string of the molecule is CCc1nc(C)c2c(C)c(C(=O)NC(C)c3cc(OC)ccc3OC)sc2n1. The number of methoxy groups -OCH3 is 2. The standard InChI is InChI=1S/C21H25N3O3S/c1-7-17-22-13(4)18-11(2)19(28-21(18)24-17)20(25)23-12(3)15-10-14(26-5)8-9-16(15)27-6/h8-10,12H,7H2,1-6H3,(H,23,25). The number of carbonyl (C=O) groups is 1. The van der Waals surface area contributed by atoms with E-state index in [0.717, 1.165) is 39.3 Å². The van der Waals surface area contributed by atoms with E-state index >= 15 is 0 Å². The molecule has 3 rings (SSSR count). The summed E-state index contributed by atoms with van der Waals surface area (Å²) in [5.41, 5.74) is 2.69. The van der Waals surface area contributed by atoms with Crippen LogP contribution in [0.3, 0.4) is 0 Å². The molecule has 0 radical (unpaired) electrons. The quantitative estimate of drug-likeness (QED) is 0.666.